The minimum Gasteiger partial charge on any atom is -0.483 e. The molecule has 3 rings (SSSR count). The lowest BCUT2D eigenvalue weighted by atomic mass is 10.1. The van der Waals surface area contributed by atoms with E-state index in [9.17, 15) is 4.79 Å². The summed E-state index contributed by atoms with van der Waals surface area (Å²) < 4.78 is 7.60. The van der Waals surface area contributed by atoms with E-state index in [4.69, 9.17) is 4.74 Å². The molecule has 2 aromatic carbocycles. The lowest BCUT2D eigenvalue weighted by Crippen LogP contribution is -2.23. The number of benzene rings is 2. The Morgan fingerprint density at radius 1 is 1.12 bits per heavy atom. The van der Waals surface area contributed by atoms with E-state index < -0.39 is 0 Å². The Morgan fingerprint density at radius 2 is 1.85 bits per heavy atom. The minimum atomic E-state index is -0.210. The Balaban J connectivity index is 1.67. The molecule has 3 aromatic rings. The van der Waals surface area contributed by atoms with Crippen LogP contribution in [-0.4, -0.2) is 22.3 Å². The van der Waals surface area contributed by atoms with E-state index in [0.717, 1.165) is 17.5 Å². The second-order valence-corrected chi connectivity index (χ2v) is 6.12. The molecule has 1 N–H and O–H groups in total. The number of nitrogens with one attached hydrogen (secondary N) is 1. The number of nitrogens with zero attached hydrogens (tertiary/aromatic N) is 2. The van der Waals surface area contributed by atoms with E-state index >= 15 is 0 Å². The van der Waals surface area contributed by atoms with Crippen LogP contribution in [0.2, 0.25) is 0 Å². The molecule has 0 aliphatic carbocycles. The van der Waals surface area contributed by atoms with Gasteiger partial charge >= 0.3 is 0 Å². The van der Waals surface area contributed by atoms with Gasteiger partial charge in [0, 0.05) is 11.6 Å². The van der Waals surface area contributed by atoms with Crippen molar-refractivity contribution in [2.75, 3.05) is 11.9 Å². The standard InChI is InChI=1S/C21H23N3O2/c1-3-16(2)24-20(13-14-22-24)23-21(25)15-26-19-12-8-7-11-18(19)17-9-5-4-6-10-17/h4-14,16H,3,15H2,1-2H3,(H,23,25)/t16-/m1/s1. The highest BCUT2D eigenvalue weighted by atomic mass is 16.5. The number of carbonyl (C=O) groups is 1. The third kappa shape index (κ3) is 4.11. The van der Waals surface area contributed by atoms with Crippen molar-refractivity contribution in [2.45, 2.75) is 26.3 Å². The highest BCUT2D eigenvalue weighted by molar-refractivity contribution is 5.91. The fourth-order valence-electron chi connectivity index (χ4n) is 2.71. The second kappa shape index (κ2) is 8.34. The van der Waals surface area contributed by atoms with Gasteiger partial charge in [-0.1, -0.05) is 55.5 Å². The van der Waals surface area contributed by atoms with Crippen LogP contribution in [0.5, 0.6) is 5.75 Å². The number of aromatic nitrogens is 2. The number of hydrogen-bond donors (Lipinski definition) is 1. The van der Waals surface area contributed by atoms with Crippen LogP contribution in [0.25, 0.3) is 11.1 Å². The van der Waals surface area contributed by atoms with Gasteiger partial charge in [0.1, 0.15) is 11.6 Å². The number of ether oxygens (including phenoxy) is 1. The monoisotopic (exact) mass is 349 g/mol. The fraction of sp³-hybridized carbons (Fsp3) is 0.238. The molecule has 0 spiro atoms. The van der Waals surface area contributed by atoms with Gasteiger partial charge in [-0.05, 0) is 25.0 Å². The summed E-state index contributed by atoms with van der Waals surface area (Å²) in [6.45, 7) is 4.09. The molecule has 1 atom stereocenters. The lowest BCUT2D eigenvalue weighted by molar-refractivity contribution is -0.118. The molecule has 1 aromatic heterocycles. The number of carbonyl (C=O) groups excluding carboxylic acids is 1. The quantitative estimate of drug-likeness (QED) is 0.681. The maximum atomic E-state index is 12.3. The molecule has 5 nitrogen and oxygen atoms in total. The van der Waals surface area contributed by atoms with Crippen LogP contribution in [0, 0.1) is 0 Å². The lowest BCUT2D eigenvalue weighted by Gasteiger charge is -2.15. The van der Waals surface area contributed by atoms with E-state index in [-0.39, 0.29) is 18.6 Å². The number of hydrogen-bond acceptors (Lipinski definition) is 3. The summed E-state index contributed by atoms with van der Waals surface area (Å²) in [5.41, 5.74) is 2.02. The first-order valence-corrected chi connectivity index (χ1v) is 8.79. The van der Waals surface area contributed by atoms with Gasteiger partial charge in [-0.25, -0.2) is 4.68 Å². The van der Waals surface area contributed by atoms with Crippen molar-refractivity contribution in [3.63, 3.8) is 0 Å². The zero-order valence-electron chi connectivity index (χ0n) is 15.1. The summed E-state index contributed by atoms with van der Waals surface area (Å²) in [5.74, 6) is 1.16. The molecule has 0 aliphatic rings. The van der Waals surface area contributed by atoms with Crippen molar-refractivity contribution >= 4 is 11.7 Å². The van der Waals surface area contributed by atoms with Crippen molar-refractivity contribution in [2.24, 2.45) is 0 Å². The van der Waals surface area contributed by atoms with Crippen LogP contribution in [0.3, 0.4) is 0 Å². The van der Waals surface area contributed by atoms with Crippen LogP contribution in [0.4, 0.5) is 5.82 Å². The van der Waals surface area contributed by atoms with Crippen LogP contribution < -0.4 is 10.1 Å². The van der Waals surface area contributed by atoms with Gasteiger partial charge in [0.25, 0.3) is 5.91 Å². The Kier molecular flexibility index (Phi) is 5.69. The van der Waals surface area contributed by atoms with E-state index in [1.165, 1.54) is 0 Å². The largest absolute Gasteiger partial charge is 0.483 e. The van der Waals surface area contributed by atoms with Crippen molar-refractivity contribution < 1.29 is 9.53 Å². The van der Waals surface area contributed by atoms with Gasteiger partial charge in [-0.15, -0.1) is 0 Å². The van der Waals surface area contributed by atoms with E-state index in [1.807, 2.05) is 59.3 Å². The first kappa shape index (κ1) is 17.7. The molecule has 0 bridgehead atoms. The molecule has 0 fully saturated rings. The summed E-state index contributed by atoms with van der Waals surface area (Å²) >= 11 is 0. The fourth-order valence-corrected chi connectivity index (χ4v) is 2.71. The number of amides is 1. The van der Waals surface area contributed by atoms with Crippen molar-refractivity contribution in [3.05, 3.63) is 66.9 Å². The predicted molar refractivity (Wildman–Crippen MR) is 103 cm³/mol. The topological polar surface area (TPSA) is 56.2 Å². The van der Waals surface area contributed by atoms with Gasteiger partial charge in [0.2, 0.25) is 0 Å². The summed E-state index contributed by atoms with van der Waals surface area (Å²) in [6.07, 6.45) is 2.62. The van der Waals surface area contributed by atoms with E-state index in [1.54, 1.807) is 12.3 Å². The average molecular weight is 349 g/mol. The SMILES string of the molecule is CC[C@@H](C)n1nccc1NC(=O)COc1ccccc1-c1ccccc1. The molecule has 26 heavy (non-hydrogen) atoms. The molecule has 0 aliphatic heterocycles. The zero-order chi connectivity index (χ0) is 18.4. The highest BCUT2D eigenvalue weighted by Gasteiger charge is 2.12. The van der Waals surface area contributed by atoms with E-state index in [2.05, 4.69) is 24.3 Å². The smallest absolute Gasteiger partial charge is 0.263 e. The molecule has 0 radical (unpaired) electrons. The maximum absolute atomic E-state index is 12.3. The summed E-state index contributed by atoms with van der Waals surface area (Å²) in [7, 11) is 0. The predicted octanol–water partition coefficient (Wildman–Crippen LogP) is 4.54. The van der Waals surface area contributed by atoms with Gasteiger partial charge in [-0.3, -0.25) is 4.79 Å². The highest BCUT2D eigenvalue weighted by Crippen LogP contribution is 2.29. The Labute approximate surface area is 153 Å². The molecule has 0 saturated heterocycles. The third-order valence-electron chi connectivity index (χ3n) is 4.28. The number of rotatable bonds is 7. The molecule has 0 unspecified atom stereocenters. The van der Waals surface area contributed by atoms with Crippen molar-refractivity contribution in [1.29, 1.82) is 0 Å². The molecular formula is C21H23N3O2. The van der Waals surface area contributed by atoms with Gasteiger partial charge in [0.05, 0.1) is 12.2 Å². The van der Waals surface area contributed by atoms with Crippen molar-refractivity contribution in [3.8, 4) is 16.9 Å². The summed E-state index contributed by atoms with van der Waals surface area (Å²) in [5, 5.41) is 7.14. The van der Waals surface area contributed by atoms with E-state index in [0.29, 0.717) is 11.6 Å². The maximum Gasteiger partial charge on any atom is 0.263 e. The van der Waals surface area contributed by atoms with Gasteiger partial charge < -0.3 is 10.1 Å². The van der Waals surface area contributed by atoms with Crippen LogP contribution in [0.1, 0.15) is 26.3 Å². The Bertz CT molecular complexity index is 858. The minimum absolute atomic E-state index is 0.0600. The van der Waals surface area contributed by atoms with Gasteiger partial charge in [-0.2, -0.15) is 5.10 Å². The second-order valence-electron chi connectivity index (χ2n) is 6.12. The number of para-hydroxylation sites is 1. The molecule has 134 valence electrons. The van der Waals surface area contributed by atoms with Crippen LogP contribution >= 0.6 is 0 Å². The first-order valence-electron chi connectivity index (χ1n) is 8.79. The summed E-state index contributed by atoms with van der Waals surface area (Å²) in [6, 6.07) is 19.7. The van der Waals surface area contributed by atoms with Crippen LogP contribution in [-0.2, 0) is 4.79 Å². The first-order chi connectivity index (χ1) is 12.7. The third-order valence-corrected chi connectivity index (χ3v) is 4.28. The van der Waals surface area contributed by atoms with Gasteiger partial charge in [0.15, 0.2) is 6.61 Å². The molecule has 5 heteroatoms. The van der Waals surface area contributed by atoms with Crippen molar-refractivity contribution in [1.82, 2.24) is 9.78 Å². The summed E-state index contributed by atoms with van der Waals surface area (Å²) in [4.78, 5) is 12.3. The molecular weight excluding hydrogens is 326 g/mol. The molecule has 1 amide bonds. The number of anilines is 1. The average Bonchev–Trinajstić information content (AvgIpc) is 3.14. The normalized spacial score (nSPS) is 11.8. The molecule has 1 heterocycles. The van der Waals surface area contributed by atoms with Crippen LogP contribution in [0.15, 0.2) is 66.9 Å². The molecule has 0 saturated carbocycles. The zero-order valence-corrected chi connectivity index (χ0v) is 15.1. The Hall–Kier alpha value is -3.08. The Morgan fingerprint density at radius 3 is 2.62 bits per heavy atom.